The minimum atomic E-state index is -0.943. The number of thioether (sulfide) groups is 1. The minimum Gasteiger partial charge on any atom is -0.480 e. The molecule has 1 amide bonds. The Morgan fingerprint density at radius 3 is 2.93 bits per heavy atom. The second kappa shape index (κ2) is 5.21. The van der Waals surface area contributed by atoms with Gasteiger partial charge in [-0.25, -0.2) is 4.79 Å². The number of carboxylic acid groups (broad SMARTS) is 1. The third-order valence-corrected chi connectivity index (χ3v) is 3.02. The molecule has 80 valence electrons. The number of rotatable bonds is 3. The predicted octanol–water partition coefficient (Wildman–Crippen LogP) is -0.339. The number of nitrogens with zero attached hydrogens (tertiary/aromatic N) is 1. The molecular formula is C8H13NO4S. The standard InChI is InChI=1S/C8H13NO4S/c1-13-4-7(10)9-2-3-14-5-6(9)8(11)12/h6H,2-5H2,1H3,(H,11,12). The smallest absolute Gasteiger partial charge is 0.327 e. The van der Waals surface area contributed by atoms with E-state index >= 15 is 0 Å². The lowest BCUT2D eigenvalue weighted by molar-refractivity contribution is -0.150. The van der Waals surface area contributed by atoms with Crippen LogP contribution in [-0.2, 0) is 14.3 Å². The van der Waals surface area contributed by atoms with Gasteiger partial charge in [0.05, 0.1) is 0 Å². The van der Waals surface area contributed by atoms with Gasteiger partial charge in [-0.15, -0.1) is 0 Å². The molecule has 1 unspecified atom stereocenters. The topological polar surface area (TPSA) is 66.8 Å². The first kappa shape index (κ1) is 11.3. The second-order valence-corrected chi connectivity index (χ2v) is 4.10. The fraction of sp³-hybridized carbons (Fsp3) is 0.750. The number of ether oxygens (including phenoxy) is 1. The van der Waals surface area contributed by atoms with Gasteiger partial charge in [0.1, 0.15) is 12.6 Å². The van der Waals surface area contributed by atoms with Crippen LogP contribution in [0.2, 0.25) is 0 Å². The van der Waals surface area contributed by atoms with Crippen molar-refractivity contribution in [3.8, 4) is 0 Å². The van der Waals surface area contributed by atoms with Crippen LogP contribution in [0, 0.1) is 0 Å². The molecule has 1 atom stereocenters. The molecule has 1 saturated heterocycles. The lowest BCUT2D eigenvalue weighted by Crippen LogP contribution is -2.51. The molecule has 1 fully saturated rings. The van der Waals surface area contributed by atoms with E-state index in [-0.39, 0.29) is 12.5 Å². The number of amides is 1. The molecule has 0 aromatic heterocycles. The van der Waals surface area contributed by atoms with Crippen molar-refractivity contribution < 1.29 is 19.4 Å². The first-order chi connectivity index (χ1) is 6.66. The third kappa shape index (κ3) is 2.62. The largest absolute Gasteiger partial charge is 0.480 e. The molecule has 0 spiro atoms. The van der Waals surface area contributed by atoms with E-state index < -0.39 is 12.0 Å². The molecule has 14 heavy (non-hydrogen) atoms. The normalized spacial score (nSPS) is 22.1. The Hall–Kier alpha value is -0.750. The van der Waals surface area contributed by atoms with E-state index in [1.807, 2.05) is 0 Å². The monoisotopic (exact) mass is 219 g/mol. The van der Waals surface area contributed by atoms with Crippen molar-refractivity contribution in [3.05, 3.63) is 0 Å². The van der Waals surface area contributed by atoms with Crippen molar-refractivity contribution in [3.63, 3.8) is 0 Å². The van der Waals surface area contributed by atoms with E-state index in [4.69, 9.17) is 9.84 Å². The first-order valence-electron chi connectivity index (χ1n) is 4.25. The summed E-state index contributed by atoms with van der Waals surface area (Å²) < 4.78 is 4.69. The number of carboxylic acids is 1. The van der Waals surface area contributed by atoms with Crippen LogP contribution in [0.3, 0.4) is 0 Å². The fourth-order valence-corrected chi connectivity index (χ4v) is 2.35. The lowest BCUT2D eigenvalue weighted by Gasteiger charge is -2.32. The Bertz CT molecular complexity index is 233. The summed E-state index contributed by atoms with van der Waals surface area (Å²) in [4.78, 5) is 23.6. The van der Waals surface area contributed by atoms with Crippen LogP contribution < -0.4 is 0 Å². The van der Waals surface area contributed by atoms with Crippen LogP contribution in [0.15, 0.2) is 0 Å². The number of carbonyl (C=O) groups excluding carboxylic acids is 1. The van der Waals surface area contributed by atoms with Gasteiger partial charge in [-0.05, 0) is 0 Å². The highest BCUT2D eigenvalue weighted by atomic mass is 32.2. The van der Waals surface area contributed by atoms with Crippen LogP contribution in [0.25, 0.3) is 0 Å². The molecule has 0 bridgehead atoms. The molecular weight excluding hydrogens is 206 g/mol. The van der Waals surface area contributed by atoms with Gasteiger partial charge in [0.2, 0.25) is 5.91 Å². The van der Waals surface area contributed by atoms with Crippen molar-refractivity contribution >= 4 is 23.6 Å². The zero-order valence-electron chi connectivity index (χ0n) is 7.93. The van der Waals surface area contributed by atoms with Gasteiger partial charge in [-0.3, -0.25) is 4.79 Å². The Labute approximate surface area is 86.4 Å². The van der Waals surface area contributed by atoms with Gasteiger partial charge in [0.15, 0.2) is 0 Å². The first-order valence-corrected chi connectivity index (χ1v) is 5.41. The molecule has 0 aromatic rings. The van der Waals surface area contributed by atoms with Crippen molar-refractivity contribution in [2.45, 2.75) is 6.04 Å². The van der Waals surface area contributed by atoms with Crippen molar-refractivity contribution in [2.24, 2.45) is 0 Å². The Balaban J connectivity index is 2.62. The number of hydrogen-bond donors (Lipinski definition) is 1. The Morgan fingerprint density at radius 2 is 2.36 bits per heavy atom. The van der Waals surface area contributed by atoms with E-state index in [9.17, 15) is 9.59 Å². The average molecular weight is 219 g/mol. The molecule has 0 radical (unpaired) electrons. The van der Waals surface area contributed by atoms with E-state index in [0.717, 1.165) is 5.75 Å². The molecule has 6 heteroatoms. The number of aliphatic carboxylic acids is 1. The van der Waals surface area contributed by atoms with Crippen LogP contribution >= 0.6 is 11.8 Å². The zero-order valence-corrected chi connectivity index (χ0v) is 8.75. The van der Waals surface area contributed by atoms with Gasteiger partial charge in [0, 0.05) is 25.2 Å². The van der Waals surface area contributed by atoms with Gasteiger partial charge in [-0.2, -0.15) is 11.8 Å². The van der Waals surface area contributed by atoms with Crippen molar-refractivity contribution in [1.82, 2.24) is 4.90 Å². The second-order valence-electron chi connectivity index (χ2n) is 2.95. The summed E-state index contributed by atoms with van der Waals surface area (Å²) in [6.45, 7) is 0.443. The molecule has 0 saturated carbocycles. The molecule has 1 rings (SSSR count). The summed E-state index contributed by atoms with van der Waals surface area (Å²) in [6, 6.07) is -0.698. The quantitative estimate of drug-likeness (QED) is 0.703. The molecule has 1 aliphatic heterocycles. The number of methoxy groups -OCH3 is 1. The summed E-state index contributed by atoms with van der Waals surface area (Å²) in [5.74, 6) is 0.0613. The van der Waals surface area contributed by atoms with Gasteiger partial charge < -0.3 is 14.7 Å². The highest BCUT2D eigenvalue weighted by Gasteiger charge is 2.31. The highest BCUT2D eigenvalue weighted by Crippen LogP contribution is 2.16. The third-order valence-electron chi connectivity index (χ3n) is 2.00. The molecule has 0 aliphatic carbocycles. The van der Waals surface area contributed by atoms with Gasteiger partial charge in [-0.1, -0.05) is 0 Å². The number of carbonyl (C=O) groups is 2. The van der Waals surface area contributed by atoms with Crippen LogP contribution in [0.4, 0.5) is 0 Å². The van der Waals surface area contributed by atoms with E-state index in [0.29, 0.717) is 12.3 Å². The van der Waals surface area contributed by atoms with Gasteiger partial charge in [0.25, 0.3) is 0 Å². The molecule has 5 nitrogen and oxygen atoms in total. The highest BCUT2D eigenvalue weighted by molar-refractivity contribution is 7.99. The predicted molar refractivity (Wildman–Crippen MR) is 52.3 cm³/mol. The van der Waals surface area contributed by atoms with E-state index in [1.165, 1.54) is 12.0 Å². The number of hydrogen-bond acceptors (Lipinski definition) is 4. The fourth-order valence-electron chi connectivity index (χ4n) is 1.31. The van der Waals surface area contributed by atoms with Crippen molar-refractivity contribution in [1.29, 1.82) is 0 Å². The Kier molecular flexibility index (Phi) is 4.21. The zero-order chi connectivity index (χ0) is 10.6. The van der Waals surface area contributed by atoms with Crippen LogP contribution in [0.5, 0.6) is 0 Å². The SMILES string of the molecule is COCC(=O)N1CCSCC1C(=O)O. The van der Waals surface area contributed by atoms with E-state index in [1.54, 1.807) is 11.8 Å². The van der Waals surface area contributed by atoms with Gasteiger partial charge >= 0.3 is 5.97 Å². The molecule has 1 N–H and O–H groups in total. The van der Waals surface area contributed by atoms with Crippen LogP contribution in [-0.4, -0.2) is 59.7 Å². The lowest BCUT2D eigenvalue weighted by atomic mass is 10.2. The minimum absolute atomic E-state index is 0.0472. The molecule has 1 aliphatic rings. The molecule has 0 aromatic carbocycles. The molecule has 1 heterocycles. The maximum Gasteiger partial charge on any atom is 0.327 e. The maximum atomic E-state index is 11.4. The summed E-state index contributed by atoms with van der Waals surface area (Å²) >= 11 is 1.56. The van der Waals surface area contributed by atoms with Crippen LogP contribution in [0.1, 0.15) is 0 Å². The van der Waals surface area contributed by atoms with Crippen molar-refractivity contribution in [2.75, 3.05) is 31.8 Å². The summed E-state index contributed by atoms with van der Waals surface area (Å²) in [6.07, 6.45) is 0. The summed E-state index contributed by atoms with van der Waals surface area (Å²) in [7, 11) is 1.42. The maximum absolute atomic E-state index is 11.4. The van der Waals surface area contributed by atoms with E-state index in [2.05, 4.69) is 0 Å². The Morgan fingerprint density at radius 1 is 1.64 bits per heavy atom. The summed E-state index contributed by atoms with van der Waals surface area (Å²) in [5.41, 5.74) is 0. The average Bonchev–Trinajstić information content (AvgIpc) is 2.18. The summed E-state index contributed by atoms with van der Waals surface area (Å²) in [5, 5.41) is 8.88.